The molecule has 1 aromatic rings. The summed E-state index contributed by atoms with van der Waals surface area (Å²) in [5, 5.41) is 3.69. The second-order valence-electron chi connectivity index (χ2n) is 7.17. The summed E-state index contributed by atoms with van der Waals surface area (Å²) in [6.45, 7) is 7.57. The third-order valence-corrected chi connectivity index (χ3v) is 5.13. The van der Waals surface area contributed by atoms with Crippen LogP contribution in [0.5, 0.6) is 0 Å². The third-order valence-electron chi connectivity index (χ3n) is 5.13. The molecule has 128 valence electrons. The lowest BCUT2D eigenvalue weighted by Crippen LogP contribution is -2.47. The van der Waals surface area contributed by atoms with E-state index in [4.69, 9.17) is 4.74 Å². The summed E-state index contributed by atoms with van der Waals surface area (Å²) in [5.41, 5.74) is 0.811. The lowest BCUT2D eigenvalue weighted by atomic mass is 10.00. The standard InChI is InChI=1S/C19H29FN2O/c1-15(12-17-4-2-3-5-19(17)20)21-18-6-9-22(10-7-18)13-16-8-11-23-14-16/h2-5,15-16,18,21H,6-14H2,1H3/t15-,16-/m1/s1. The Labute approximate surface area is 139 Å². The van der Waals surface area contributed by atoms with Crippen LogP contribution in [0.3, 0.4) is 0 Å². The number of benzene rings is 1. The first-order valence-electron chi connectivity index (χ1n) is 9.00. The monoisotopic (exact) mass is 320 g/mol. The first kappa shape index (κ1) is 16.9. The quantitative estimate of drug-likeness (QED) is 0.872. The fourth-order valence-electron chi connectivity index (χ4n) is 3.83. The molecule has 2 heterocycles. The molecule has 0 spiro atoms. The molecule has 0 saturated carbocycles. The van der Waals surface area contributed by atoms with E-state index >= 15 is 0 Å². The van der Waals surface area contributed by atoms with Crippen LogP contribution in [0.15, 0.2) is 24.3 Å². The Bertz CT molecular complexity index is 482. The first-order valence-corrected chi connectivity index (χ1v) is 9.00. The van der Waals surface area contributed by atoms with Gasteiger partial charge < -0.3 is 15.0 Å². The number of nitrogens with zero attached hydrogens (tertiary/aromatic N) is 1. The number of halogens is 1. The van der Waals surface area contributed by atoms with Crippen LogP contribution in [-0.2, 0) is 11.2 Å². The highest BCUT2D eigenvalue weighted by molar-refractivity contribution is 5.18. The normalized spacial score (nSPS) is 24.9. The van der Waals surface area contributed by atoms with E-state index in [-0.39, 0.29) is 5.82 Å². The number of rotatable bonds is 6. The van der Waals surface area contributed by atoms with E-state index in [1.165, 1.54) is 38.9 Å². The van der Waals surface area contributed by atoms with Gasteiger partial charge in [-0.1, -0.05) is 18.2 Å². The molecule has 0 unspecified atom stereocenters. The maximum atomic E-state index is 13.7. The smallest absolute Gasteiger partial charge is 0.126 e. The summed E-state index contributed by atoms with van der Waals surface area (Å²) >= 11 is 0. The maximum Gasteiger partial charge on any atom is 0.126 e. The minimum absolute atomic E-state index is 0.0882. The van der Waals surface area contributed by atoms with E-state index in [1.54, 1.807) is 12.1 Å². The molecule has 3 rings (SSSR count). The largest absolute Gasteiger partial charge is 0.381 e. The van der Waals surface area contributed by atoms with Gasteiger partial charge in [0.1, 0.15) is 5.82 Å². The molecule has 0 aliphatic carbocycles. The summed E-state index contributed by atoms with van der Waals surface area (Å²) < 4.78 is 19.2. The van der Waals surface area contributed by atoms with Crippen LogP contribution in [0.1, 0.15) is 31.7 Å². The van der Waals surface area contributed by atoms with Crippen LogP contribution in [0, 0.1) is 11.7 Å². The Kier molecular flexibility index (Phi) is 6.03. The van der Waals surface area contributed by atoms with Crippen molar-refractivity contribution < 1.29 is 9.13 Å². The van der Waals surface area contributed by atoms with Crippen molar-refractivity contribution >= 4 is 0 Å². The second-order valence-corrected chi connectivity index (χ2v) is 7.17. The topological polar surface area (TPSA) is 24.5 Å². The zero-order valence-electron chi connectivity index (χ0n) is 14.1. The SMILES string of the molecule is C[C@H](Cc1ccccc1F)NC1CCN(C[C@H]2CCOC2)CC1. The number of hydrogen-bond acceptors (Lipinski definition) is 3. The van der Waals surface area contributed by atoms with Gasteiger partial charge in [0, 0.05) is 25.2 Å². The predicted molar refractivity (Wildman–Crippen MR) is 91.1 cm³/mol. The molecule has 2 atom stereocenters. The molecule has 2 aliphatic heterocycles. The molecule has 2 aliphatic rings. The highest BCUT2D eigenvalue weighted by Crippen LogP contribution is 2.18. The zero-order valence-corrected chi connectivity index (χ0v) is 14.1. The Morgan fingerprint density at radius 2 is 2.04 bits per heavy atom. The molecule has 2 saturated heterocycles. The Hall–Kier alpha value is -0.970. The molecule has 1 aromatic carbocycles. The van der Waals surface area contributed by atoms with Gasteiger partial charge in [0.15, 0.2) is 0 Å². The first-order chi connectivity index (χ1) is 11.2. The molecular formula is C19H29FN2O. The van der Waals surface area contributed by atoms with E-state index in [1.807, 2.05) is 12.1 Å². The minimum Gasteiger partial charge on any atom is -0.381 e. The van der Waals surface area contributed by atoms with E-state index in [2.05, 4.69) is 17.1 Å². The van der Waals surface area contributed by atoms with Crippen molar-refractivity contribution in [1.29, 1.82) is 0 Å². The average Bonchev–Trinajstić information content (AvgIpc) is 3.04. The molecule has 1 N–H and O–H groups in total. The van der Waals surface area contributed by atoms with Gasteiger partial charge in [0.25, 0.3) is 0 Å². The van der Waals surface area contributed by atoms with E-state index in [0.29, 0.717) is 12.1 Å². The highest BCUT2D eigenvalue weighted by atomic mass is 19.1. The number of likely N-dealkylation sites (tertiary alicyclic amines) is 1. The van der Waals surface area contributed by atoms with Crippen LogP contribution in [-0.4, -0.2) is 49.8 Å². The Morgan fingerprint density at radius 3 is 2.74 bits per heavy atom. The van der Waals surface area contributed by atoms with Crippen molar-refractivity contribution in [3.63, 3.8) is 0 Å². The predicted octanol–water partition coefficient (Wildman–Crippen LogP) is 2.85. The van der Waals surface area contributed by atoms with Crippen molar-refractivity contribution in [1.82, 2.24) is 10.2 Å². The fraction of sp³-hybridized carbons (Fsp3) is 0.684. The fourth-order valence-corrected chi connectivity index (χ4v) is 3.83. The van der Waals surface area contributed by atoms with Gasteiger partial charge in [0.2, 0.25) is 0 Å². The van der Waals surface area contributed by atoms with Gasteiger partial charge in [-0.05, 0) is 63.2 Å². The van der Waals surface area contributed by atoms with Crippen molar-refractivity contribution in [3.8, 4) is 0 Å². The second kappa shape index (κ2) is 8.22. The molecule has 0 radical (unpaired) electrons. The minimum atomic E-state index is -0.0882. The van der Waals surface area contributed by atoms with Crippen molar-refractivity contribution in [3.05, 3.63) is 35.6 Å². The summed E-state index contributed by atoms with van der Waals surface area (Å²) in [5.74, 6) is 0.647. The van der Waals surface area contributed by atoms with Gasteiger partial charge in [0.05, 0.1) is 6.61 Å². The molecule has 2 fully saturated rings. The summed E-state index contributed by atoms with van der Waals surface area (Å²) in [6, 6.07) is 7.98. The number of piperidine rings is 1. The van der Waals surface area contributed by atoms with E-state index in [9.17, 15) is 4.39 Å². The molecular weight excluding hydrogens is 291 g/mol. The zero-order chi connectivity index (χ0) is 16.1. The number of ether oxygens (including phenoxy) is 1. The van der Waals surface area contributed by atoms with Gasteiger partial charge >= 0.3 is 0 Å². The molecule has 4 heteroatoms. The Balaban J connectivity index is 1.39. The van der Waals surface area contributed by atoms with Gasteiger partial charge in [-0.15, -0.1) is 0 Å². The van der Waals surface area contributed by atoms with Crippen LogP contribution >= 0.6 is 0 Å². The Morgan fingerprint density at radius 1 is 1.26 bits per heavy atom. The van der Waals surface area contributed by atoms with Gasteiger partial charge in [-0.2, -0.15) is 0 Å². The highest BCUT2D eigenvalue weighted by Gasteiger charge is 2.24. The number of hydrogen-bond donors (Lipinski definition) is 1. The summed E-state index contributed by atoms with van der Waals surface area (Å²) in [4.78, 5) is 2.58. The van der Waals surface area contributed by atoms with Crippen molar-refractivity contribution in [2.45, 2.75) is 44.7 Å². The average molecular weight is 320 g/mol. The van der Waals surface area contributed by atoms with Gasteiger partial charge in [-0.3, -0.25) is 0 Å². The molecule has 0 bridgehead atoms. The molecule has 0 amide bonds. The van der Waals surface area contributed by atoms with E-state index < -0.39 is 0 Å². The van der Waals surface area contributed by atoms with Crippen LogP contribution in [0.25, 0.3) is 0 Å². The van der Waals surface area contributed by atoms with Crippen LogP contribution in [0.2, 0.25) is 0 Å². The van der Waals surface area contributed by atoms with E-state index in [0.717, 1.165) is 31.1 Å². The van der Waals surface area contributed by atoms with Crippen LogP contribution < -0.4 is 5.32 Å². The lowest BCUT2D eigenvalue weighted by Gasteiger charge is -2.35. The molecule has 0 aromatic heterocycles. The molecule has 3 nitrogen and oxygen atoms in total. The summed E-state index contributed by atoms with van der Waals surface area (Å²) in [7, 11) is 0. The third kappa shape index (κ3) is 5.00. The van der Waals surface area contributed by atoms with Crippen LogP contribution in [0.4, 0.5) is 4.39 Å². The number of nitrogens with one attached hydrogen (secondary N) is 1. The van der Waals surface area contributed by atoms with Gasteiger partial charge in [-0.25, -0.2) is 4.39 Å². The lowest BCUT2D eigenvalue weighted by molar-refractivity contribution is 0.145. The molecule has 23 heavy (non-hydrogen) atoms. The van der Waals surface area contributed by atoms with Crippen molar-refractivity contribution in [2.75, 3.05) is 32.8 Å². The summed E-state index contributed by atoms with van der Waals surface area (Å²) in [6.07, 6.45) is 4.36. The maximum absolute atomic E-state index is 13.7. The van der Waals surface area contributed by atoms with Crippen molar-refractivity contribution in [2.24, 2.45) is 5.92 Å².